The molecule has 0 amide bonds. The number of benzene rings is 2. The lowest BCUT2D eigenvalue weighted by Gasteiger charge is -2.27. The molecule has 4 bridgehead atoms. The molecule has 3 aromatic rings. The van der Waals surface area contributed by atoms with Gasteiger partial charge in [-0.15, -0.1) is 0 Å². The van der Waals surface area contributed by atoms with Crippen molar-refractivity contribution >= 4 is 27.5 Å². The summed E-state index contributed by atoms with van der Waals surface area (Å²) in [6.45, 7) is 10.5. The van der Waals surface area contributed by atoms with E-state index in [9.17, 15) is 8.42 Å². The van der Waals surface area contributed by atoms with Gasteiger partial charge in [-0.25, -0.2) is 18.1 Å². The van der Waals surface area contributed by atoms with Crippen molar-refractivity contribution < 1.29 is 8.42 Å². The molecule has 7 nitrogen and oxygen atoms in total. The monoisotopic (exact) mass is 451 g/mol. The molecule has 32 heavy (non-hydrogen) atoms. The Labute approximate surface area is 190 Å². The van der Waals surface area contributed by atoms with Gasteiger partial charge in [-0.3, -0.25) is 0 Å². The quantitative estimate of drug-likeness (QED) is 0.612. The molecule has 0 saturated heterocycles. The number of aromatic nitrogens is 2. The van der Waals surface area contributed by atoms with Crippen LogP contribution in [0.2, 0.25) is 0 Å². The van der Waals surface area contributed by atoms with Gasteiger partial charge in [0, 0.05) is 37.0 Å². The third kappa shape index (κ3) is 4.70. The summed E-state index contributed by atoms with van der Waals surface area (Å²) in [5.41, 5.74) is 4.62. The average Bonchev–Trinajstić information content (AvgIpc) is 2.72. The summed E-state index contributed by atoms with van der Waals surface area (Å²) in [7, 11) is -3.84. The van der Waals surface area contributed by atoms with E-state index in [-0.39, 0.29) is 10.8 Å². The summed E-state index contributed by atoms with van der Waals surface area (Å²) in [4.78, 5) is 11.6. The van der Waals surface area contributed by atoms with Gasteiger partial charge in [-0.2, -0.15) is 4.98 Å². The molecule has 168 valence electrons. The average molecular weight is 452 g/mol. The van der Waals surface area contributed by atoms with Crippen LogP contribution in [-0.4, -0.2) is 38.0 Å². The van der Waals surface area contributed by atoms with Crippen LogP contribution in [0.1, 0.15) is 25.0 Å². The second kappa shape index (κ2) is 8.78. The maximum Gasteiger partial charge on any atom is 0.264 e. The molecule has 1 aromatic heterocycles. The smallest absolute Gasteiger partial charge is 0.264 e. The number of fused-ring (bicyclic) bond motifs is 4. The van der Waals surface area contributed by atoms with E-state index in [0.29, 0.717) is 24.0 Å². The number of anilines is 3. The summed E-state index contributed by atoms with van der Waals surface area (Å²) < 4.78 is 28.8. The Kier molecular flexibility index (Phi) is 6.06. The normalized spacial score (nSPS) is 15.3. The molecule has 8 heteroatoms. The highest BCUT2D eigenvalue weighted by Crippen LogP contribution is 2.30. The Morgan fingerprint density at radius 1 is 1.03 bits per heavy atom. The molecule has 0 aliphatic carbocycles. The van der Waals surface area contributed by atoms with E-state index in [0.717, 1.165) is 35.5 Å². The first-order chi connectivity index (χ1) is 15.2. The molecular weight excluding hydrogens is 422 g/mol. The Morgan fingerprint density at radius 3 is 2.47 bits per heavy atom. The zero-order chi connectivity index (χ0) is 22.9. The first-order valence-corrected chi connectivity index (χ1v) is 12.3. The SMILES string of the molecule is Cc1cccc(C)c1-c1cc2nc(n1)NS(=O)(=O)c1cccc(c1)NCCN2CC(C)C. The summed E-state index contributed by atoms with van der Waals surface area (Å²) in [5, 5.41) is 3.34. The van der Waals surface area contributed by atoms with Crippen LogP contribution in [0.4, 0.5) is 17.5 Å². The van der Waals surface area contributed by atoms with Crippen LogP contribution in [0.3, 0.4) is 0 Å². The topological polar surface area (TPSA) is 87.2 Å². The van der Waals surface area contributed by atoms with E-state index in [1.165, 1.54) is 0 Å². The second-order valence-corrected chi connectivity index (χ2v) is 10.3. The van der Waals surface area contributed by atoms with E-state index >= 15 is 0 Å². The van der Waals surface area contributed by atoms with Crippen LogP contribution in [0.5, 0.6) is 0 Å². The maximum absolute atomic E-state index is 13.1. The number of nitrogens with one attached hydrogen (secondary N) is 2. The number of sulfonamides is 1. The van der Waals surface area contributed by atoms with Crippen molar-refractivity contribution in [1.82, 2.24) is 9.97 Å². The molecule has 0 fully saturated rings. The highest BCUT2D eigenvalue weighted by Gasteiger charge is 2.21. The molecule has 0 radical (unpaired) electrons. The van der Waals surface area contributed by atoms with Gasteiger partial charge in [0.15, 0.2) is 0 Å². The molecule has 0 atom stereocenters. The zero-order valence-electron chi connectivity index (χ0n) is 18.9. The molecule has 2 heterocycles. The summed E-state index contributed by atoms with van der Waals surface area (Å²) in [5.74, 6) is 1.19. The fourth-order valence-corrected chi connectivity index (χ4v) is 5.01. The van der Waals surface area contributed by atoms with E-state index in [4.69, 9.17) is 0 Å². The van der Waals surface area contributed by atoms with Gasteiger partial charge in [-0.05, 0) is 49.1 Å². The lowest BCUT2D eigenvalue weighted by atomic mass is 10.00. The molecule has 4 rings (SSSR count). The van der Waals surface area contributed by atoms with Gasteiger partial charge in [0.2, 0.25) is 5.95 Å². The minimum Gasteiger partial charge on any atom is -0.383 e. The summed E-state index contributed by atoms with van der Waals surface area (Å²) >= 11 is 0. The molecule has 2 N–H and O–H groups in total. The van der Waals surface area contributed by atoms with Crippen LogP contribution in [-0.2, 0) is 10.0 Å². The number of aryl methyl sites for hydroxylation is 2. The van der Waals surface area contributed by atoms with Crippen molar-refractivity contribution in [3.05, 3.63) is 59.7 Å². The van der Waals surface area contributed by atoms with Crippen LogP contribution < -0.4 is 14.9 Å². The largest absolute Gasteiger partial charge is 0.383 e. The minimum atomic E-state index is -3.84. The van der Waals surface area contributed by atoms with Crippen molar-refractivity contribution in [3.63, 3.8) is 0 Å². The molecule has 1 aliphatic rings. The van der Waals surface area contributed by atoms with Gasteiger partial charge in [0.05, 0.1) is 10.6 Å². The Hall–Kier alpha value is -3.13. The van der Waals surface area contributed by atoms with E-state index in [1.807, 2.05) is 44.2 Å². The third-order valence-corrected chi connectivity index (χ3v) is 6.77. The highest BCUT2D eigenvalue weighted by atomic mass is 32.2. The van der Waals surface area contributed by atoms with Crippen molar-refractivity contribution in [2.75, 3.05) is 34.6 Å². The predicted octanol–water partition coefficient (Wildman–Crippen LogP) is 4.45. The van der Waals surface area contributed by atoms with Gasteiger partial charge < -0.3 is 10.2 Å². The summed E-state index contributed by atoms with van der Waals surface area (Å²) in [6.07, 6.45) is 0. The van der Waals surface area contributed by atoms with Crippen molar-refractivity contribution in [2.24, 2.45) is 5.92 Å². The molecule has 0 saturated carbocycles. The van der Waals surface area contributed by atoms with E-state index < -0.39 is 10.0 Å². The highest BCUT2D eigenvalue weighted by molar-refractivity contribution is 7.92. The van der Waals surface area contributed by atoms with Crippen molar-refractivity contribution in [2.45, 2.75) is 32.6 Å². The number of hydrogen-bond donors (Lipinski definition) is 2. The minimum absolute atomic E-state index is 0.0767. The summed E-state index contributed by atoms with van der Waals surface area (Å²) in [6, 6.07) is 14.8. The van der Waals surface area contributed by atoms with Gasteiger partial charge in [0.1, 0.15) is 5.82 Å². The maximum atomic E-state index is 13.1. The van der Waals surface area contributed by atoms with Crippen LogP contribution in [0.15, 0.2) is 53.4 Å². The predicted molar refractivity (Wildman–Crippen MR) is 130 cm³/mol. The van der Waals surface area contributed by atoms with Gasteiger partial charge in [-0.1, -0.05) is 38.1 Å². The Balaban J connectivity index is 1.90. The van der Waals surface area contributed by atoms with Crippen LogP contribution in [0, 0.1) is 19.8 Å². The number of nitrogens with zero attached hydrogens (tertiary/aromatic N) is 3. The Bertz CT molecular complexity index is 1220. The first kappa shape index (κ1) is 22.1. The fraction of sp³-hybridized carbons (Fsp3) is 0.333. The zero-order valence-corrected chi connectivity index (χ0v) is 19.7. The van der Waals surface area contributed by atoms with E-state index in [2.05, 4.69) is 38.8 Å². The number of hydrogen-bond acceptors (Lipinski definition) is 6. The van der Waals surface area contributed by atoms with Crippen molar-refractivity contribution in [1.29, 1.82) is 0 Å². The molecule has 1 aliphatic heterocycles. The number of rotatable bonds is 3. The molecular formula is C24H29N5O2S. The van der Waals surface area contributed by atoms with Crippen LogP contribution in [0.25, 0.3) is 11.3 Å². The second-order valence-electron chi connectivity index (χ2n) is 8.60. The van der Waals surface area contributed by atoms with Gasteiger partial charge in [0.25, 0.3) is 10.0 Å². The van der Waals surface area contributed by atoms with Crippen LogP contribution >= 0.6 is 0 Å². The lowest BCUT2D eigenvalue weighted by molar-refractivity contribution is 0.600. The first-order valence-electron chi connectivity index (χ1n) is 10.8. The molecule has 0 unspecified atom stereocenters. The lowest BCUT2D eigenvalue weighted by Crippen LogP contribution is -2.33. The van der Waals surface area contributed by atoms with Crippen molar-refractivity contribution in [3.8, 4) is 11.3 Å². The Morgan fingerprint density at radius 2 is 1.75 bits per heavy atom. The van der Waals surface area contributed by atoms with Gasteiger partial charge >= 0.3 is 0 Å². The van der Waals surface area contributed by atoms with E-state index in [1.54, 1.807) is 18.2 Å². The standard InChI is InChI=1S/C24H29N5O2S/c1-16(2)15-29-12-11-25-19-9-6-10-20(13-19)32(30,31)28-24-26-21(14-22(29)27-24)23-17(3)7-5-8-18(23)4/h5-10,13-14,16,25H,11-12,15H2,1-4H3,(H,26,27,28). The molecule has 0 spiro atoms. The molecule has 2 aromatic carbocycles. The third-order valence-electron chi connectivity index (χ3n) is 5.44. The fourth-order valence-electron chi connectivity index (χ4n) is 4.02.